The van der Waals surface area contributed by atoms with E-state index in [2.05, 4.69) is 26.8 Å². The van der Waals surface area contributed by atoms with Crippen LogP contribution in [0.2, 0.25) is 0 Å². The van der Waals surface area contributed by atoms with Crippen LogP contribution in [0.3, 0.4) is 0 Å². The van der Waals surface area contributed by atoms with Crippen LogP contribution >= 0.6 is 0 Å². The highest BCUT2D eigenvalue weighted by Gasteiger charge is 2.31. The number of hydrogen-bond donors (Lipinski definition) is 0. The number of allylic oxidation sites excluding steroid dienone is 1. The van der Waals surface area contributed by atoms with E-state index in [0.29, 0.717) is 0 Å². The summed E-state index contributed by atoms with van der Waals surface area (Å²) in [4.78, 5) is 14.2. The van der Waals surface area contributed by atoms with Crippen molar-refractivity contribution in [1.29, 1.82) is 0 Å². The minimum atomic E-state index is -0.410. The predicted octanol–water partition coefficient (Wildman–Crippen LogP) is 6.04. The molecule has 1 saturated carbocycles. The van der Waals surface area contributed by atoms with E-state index in [1.165, 1.54) is 19.3 Å². The molecule has 2 fully saturated rings. The third-order valence-corrected chi connectivity index (χ3v) is 6.45. The number of ether oxygens (including phenoxy) is 1. The molecule has 1 aliphatic carbocycles. The Labute approximate surface area is 155 Å². The Morgan fingerprint density at radius 3 is 2.52 bits per heavy atom. The largest absolute Gasteiger partial charge is 0.444 e. The van der Waals surface area contributed by atoms with Gasteiger partial charge in [-0.15, -0.1) is 0 Å². The molecule has 25 heavy (non-hydrogen) atoms. The van der Waals surface area contributed by atoms with Crippen LogP contribution in [0.25, 0.3) is 0 Å². The van der Waals surface area contributed by atoms with E-state index in [1.54, 1.807) is 5.57 Å². The smallest absolute Gasteiger partial charge is 0.410 e. The second-order valence-corrected chi connectivity index (χ2v) is 9.45. The van der Waals surface area contributed by atoms with Crippen molar-refractivity contribution < 1.29 is 9.53 Å². The first-order chi connectivity index (χ1) is 11.7. The van der Waals surface area contributed by atoms with Crippen molar-refractivity contribution in [3.63, 3.8) is 0 Å². The number of likely N-dealkylation sites (tertiary alicyclic amines) is 1. The fourth-order valence-electron chi connectivity index (χ4n) is 4.33. The molecule has 0 radical (unpaired) electrons. The zero-order valence-corrected chi connectivity index (χ0v) is 17.3. The second kappa shape index (κ2) is 8.60. The molecular weight excluding hydrogens is 310 g/mol. The van der Waals surface area contributed by atoms with Gasteiger partial charge in [-0.05, 0) is 76.5 Å². The highest BCUT2D eigenvalue weighted by Crippen LogP contribution is 2.40. The lowest BCUT2D eigenvalue weighted by molar-refractivity contribution is 0.0258. The summed E-state index contributed by atoms with van der Waals surface area (Å²) in [6.45, 7) is 14.7. The first kappa shape index (κ1) is 20.3. The van der Waals surface area contributed by atoms with Crippen molar-refractivity contribution in [2.75, 3.05) is 13.1 Å². The summed E-state index contributed by atoms with van der Waals surface area (Å²) in [6.07, 6.45) is 9.52. The van der Waals surface area contributed by atoms with Crippen LogP contribution in [0.5, 0.6) is 0 Å². The molecule has 0 aromatic rings. The molecule has 1 aliphatic heterocycles. The van der Waals surface area contributed by atoms with Crippen LogP contribution in [0.4, 0.5) is 4.79 Å². The molecule has 0 N–H and O–H groups in total. The topological polar surface area (TPSA) is 29.5 Å². The summed E-state index contributed by atoms with van der Waals surface area (Å²) in [5.74, 6) is 3.38. The molecule has 4 atom stereocenters. The zero-order chi connectivity index (χ0) is 18.6. The molecule has 3 nitrogen and oxygen atoms in total. The average Bonchev–Trinajstić information content (AvgIpc) is 2.76. The maximum absolute atomic E-state index is 12.3. The van der Waals surface area contributed by atoms with Crippen molar-refractivity contribution in [2.24, 2.45) is 23.7 Å². The van der Waals surface area contributed by atoms with Gasteiger partial charge >= 0.3 is 6.09 Å². The van der Waals surface area contributed by atoms with Gasteiger partial charge in [0.25, 0.3) is 0 Å². The summed E-state index contributed by atoms with van der Waals surface area (Å²) in [5.41, 5.74) is 1.14. The third-order valence-electron chi connectivity index (χ3n) is 6.45. The van der Waals surface area contributed by atoms with Gasteiger partial charge in [0.2, 0.25) is 0 Å². The molecule has 0 aromatic carbocycles. The number of rotatable bonds is 2. The summed E-state index contributed by atoms with van der Waals surface area (Å²) in [6, 6.07) is 0. The van der Waals surface area contributed by atoms with E-state index >= 15 is 0 Å². The van der Waals surface area contributed by atoms with Gasteiger partial charge < -0.3 is 9.64 Å². The van der Waals surface area contributed by atoms with Crippen molar-refractivity contribution in [3.05, 3.63) is 11.6 Å². The SMILES string of the molecule is CC1CCC(C/C=C2/CCCN(C(=O)OC(C)(C)C)CC2)C(C)C1C. The quantitative estimate of drug-likeness (QED) is 0.569. The molecule has 2 aliphatic rings. The van der Waals surface area contributed by atoms with E-state index in [-0.39, 0.29) is 6.09 Å². The lowest BCUT2D eigenvalue weighted by Gasteiger charge is -2.38. The van der Waals surface area contributed by atoms with Crippen molar-refractivity contribution in [1.82, 2.24) is 4.90 Å². The van der Waals surface area contributed by atoms with Gasteiger partial charge in [0, 0.05) is 13.1 Å². The summed E-state index contributed by atoms with van der Waals surface area (Å²) in [7, 11) is 0. The third kappa shape index (κ3) is 6.04. The van der Waals surface area contributed by atoms with Crippen LogP contribution in [0.15, 0.2) is 11.6 Å². The highest BCUT2D eigenvalue weighted by atomic mass is 16.6. The molecule has 2 rings (SSSR count). The normalized spacial score (nSPS) is 33.2. The lowest BCUT2D eigenvalue weighted by Crippen LogP contribution is -2.37. The highest BCUT2D eigenvalue weighted by molar-refractivity contribution is 5.68. The number of nitrogens with zero attached hydrogens (tertiary/aromatic N) is 1. The molecule has 0 aromatic heterocycles. The van der Waals surface area contributed by atoms with Crippen LogP contribution in [-0.4, -0.2) is 29.7 Å². The molecule has 1 heterocycles. The predicted molar refractivity (Wildman–Crippen MR) is 105 cm³/mol. The zero-order valence-electron chi connectivity index (χ0n) is 17.3. The first-order valence-electron chi connectivity index (χ1n) is 10.3. The van der Waals surface area contributed by atoms with Gasteiger partial charge in [0.1, 0.15) is 5.60 Å². The van der Waals surface area contributed by atoms with Gasteiger partial charge in [-0.2, -0.15) is 0 Å². The Balaban J connectivity index is 1.86. The van der Waals surface area contributed by atoms with E-state index in [1.807, 2.05) is 25.7 Å². The first-order valence-corrected chi connectivity index (χ1v) is 10.3. The molecule has 1 saturated heterocycles. The van der Waals surface area contributed by atoms with Gasteiger partial charge in [-0.25, -0.2) is 4.79 Å². The maximum Gasteiger partial charge on any atom is 0.410 e. The minimum Gasteiger partial charge on any atom is -0.444 e. The number of carbonyl (C=O) groups excluding carboxylic acids is 1. The molecule has 4 unspecified atom stereocenters. The summed E-state index contributed by atoms with van der Waals surface area (Å²) in [5, 5.41) is 0. The van der Waals surface area contributed by atoms with Gasteiger partial charge in [0.05, 0.1) is 0 Å². The average molecular weight is 350 g/mol. The summed E-state index contributed by atoms with van der Waals surface area (Å²) < 4.78 is 5.53. The fourth-order valence-corrected chi connectivity index (χ4v) is 4.33. The Morgan fingerprint density at radius 1 is 1.12 bits per heavy atom. The van der Waals surface area contributed by atoms with E-state index < -0.39 is 5.60 Å². The van der Waals surface area contributed by atoms with E-state index in [4.69, 9.17) is 4.74 Å². The Kier molecular flexibility index (Phi) is 6.99. The molecule has 0 spiro atoms. The summed E-state index contributed by atoms with van der Waals surface area (Å²) >= 11 is 0. The monoisotopic (exact) mass is 349 g/mol. The minimum absolute atomic E-state index is 0.155. The molecule has 3 heteroatoms. The Hall–Kier alpha value is -0.990. The fraction of sp³-hybridized carbons (Fsp3) is 0.864. The van der Waals surface area contributed by atoms with Crippen LogP contribution in [-0.2, 0) is 4.74 Å². The van der Waals surface area contributed by atoms with E-state index in [9.17, 15) is 4.79 Å². The van der Waals surface area contributed by atoms with E-state index in [0.717, 1.165) is 56.0 Å². The van der Waals surface area contributed by atoms with Gasteiger partial charge in [-0.1, -0.05) is 38.8 Å². The number of carbonyl (C=O) groups is 1. The van der Waals surface area contributed by atoms with Crippen LogP contribution < -0.4 is 0 Å². The molecule has 1 amide bonds. The number of hydrogen-bond acceptors (Lipinski definition) is 2. The Bertz CT molecular complexity index is 477. The maximum atomic E-state index is 12.3. The van der Waals surface area contributed by atoms with Crippen molar-refractivity contribution in [2.45, 2.75) is 85.7 Å². The molecule has 144 valence electrons. The lowest BCUT2D eigenvalue weighted by atomic mass is 9.67. The van der Waals surface area contributed by atoms with Gasteiger partial charge in [-0.3, -0.25) is 0 Å². The Morgan fingerprint density at radius 2 is 1.84 bits per heavy atom. The van der Waals surface area contributed by atoms with Gasteiger partial charge in [0.15, 0.2) is 0 Å². The van der Waals surface area contributed by atoms with Crippen molar-refractivity contribution >= 4 is 6.09 Å². The molecule has 0 bridgehead atoms. The van der Waals surface area contributed by atoms with Crippen molar-refractivity contribution in [3.8, 4) is 0 Å². The van der Waals surface area contributed by atoms with Crippen LogP contribution in [0, 0.1) is 23.7 Å². The number of amides is 1. The molecular formula is C22H39NO2. The van der Waals surface area contributed by atoms with Crippen LogP contribution in [0.1, 0.15) is 80.1 Å². The standard InChI is InChI=1S/C22H39NO2/c1-16-9-11-20(18(3)17(16)2)12-10-19-8-7-14-23(15-13-19)21(24)25-22(4,5)6/h10,16-18,20H,7-9,11-15H2,1-6H3/b19-10-. The second-order valence-electron chi connectivity index (χ2n) is 9.45.